The molecular formula is C19H18Br2N4O4. The van der Waals surface area contributed by atoms with Crippen molar-refractivity contribution in [3.63, 3.8) is 0 Å². The first-order valence-electron chi connectivity index (χ1n) is 9.17. The number of pyridine rings is 1. The van der Waals surface area contributed by atoms with Crippen molar-refractivity contribution in [2.75, 3.05) is 25.0 Å². The second-order valence-electron chi connectivity index (χ2n) is 7.48. The van der Waals surface area contributed by atoms with Crippen LogP contribution in [0.5, 0.6) is 0 Å². The van der Waals surface area contributed by atoms with Crippen molar-refractivity contribution in [2.24, 2.45) is 5.92 Å². The number of hydrogen-bond acceptors (Lipinski definition) is 5. The number of piperidine rings is 1. The second-order valence-corrected chi connectivity index (χ2v) is 9.19. The van der Waals surface area contributed by atoms with Crippen LogP contribution < -0.4 is 10.9 Å². The van der Waals surface area contributed by atoms with Crippen molar-refractivity contribution >= 4 is 49.1 Å². The van der Waals surface area contributed by atoms with Crippen LogP contribution in [0.4, 0.5) is 11.4 Å². The predicted octanol–water partition coefficient (Wildman–Crippen LogP) is 3.34. The van der Waals surface area contributed by atoms with Gasteiger partial charge in [0.05, 0.1) is 17.2 Å². The Hall–Kier alpha value is -2.04. The van der Waals surface area contributed by atoms with Gasteiger partial charge in [-0.3, -0.25) is 24.6 Å². The Morgan fingerprint density at radius 1 is 1.21 bits per heavy atom. The van der Waals surface area contributed by atoms with Crippen molar-refractivity contribution in [2.45, 2.75) is 18.9 Å². The third-order valence-corrected chi connectivity index (χ3v) is 6.68. The number of rotatable bonds is 4. The Morgan fingerprint density at radius 3 is 2.62 bits per heavy atom. The van der Waals surface area contributed by atoms with Gasteiger partial charge in [-0.1, -0.05) is 6.07 Å². The maximum atomic E-state index is 12.6. The molecule has 4 rings (SSSR count). The van der Waals surface area contributed by atoms with Gasteiger partial charge in [0, 0.05) is 58.4 Å². The van der Waals surface area contributed by atoms with Gasteiger partial charge >= 0.3 is 0 Å². The number of carbonyl (C=O) groups is 1. The minimum Gasteiger partial charge on any atom is -0.323 e. The van der Waals surface area contributed by atoms with Crippen LogP contribution in [-0.2, 0) is 11.3 Å². The molecular weight excluding hydrogens is 508 g/mol. The van der Waals surface area contributed by atoms with Crippen LogP contribution in [0.3, 0.4) is 0 Å². The van der Waals surface area contributed by atoms with Crippen LogP contribution in [0.15, 0.2) is 44.1 Å². The minimum atomic E-state index is -0.489. The van der Waals surface area contributed by atoms with E-state index in [1.165, 1.54) is 12.1 Å². The van der Waals surface area contributed by atoms with Crippen LogP contribution in [-0.4, -0.2) is 39.9 Å². The fraction of sp³-hybridized carbons (Fsp3) is 0.368. The van der Waals surface area contributed by atoms with E-state index in [-0.39, 0.29) is 29.6 Å². The zero-order chi connectivity index (χ0) is 20.7. The topological polar surface area (TPSA) is 97.5 Å². The van der Waals surface area contributed by atoms with E-state index < -0.39 is 4.92 Å². The zero-order valence-electron chi connectivity index (χ0n) is 15.3. The summed E-state index contributed by atoms with van der Waals surface area (Å²) < 4.78 is 2.74. The Bertz CT molecular complexity index is 1030. The van der Waals surface area contributed by atoms with Crippen LogP contribution in [0.1, 0.15) is 18.0 Å². The average Bonchev–Trinajstić information content (AvgIpc) is 2.65. The number of halogens is 2. The van der Waals surface area contributed by atoms with Crippen molar-refractivity contribution in [1.82, 2.24) is 9.47 Å². The second kappa shape index (κ2) is 8.00. The first kappa shape index (κ1) is 20.2. The van der Waals surface area contributed by atoms with E-state index in [9.17, 15) is 19.7 Å². The largest absolute Gasteiger partial charge is 0.323 e. The summed E-state index contributed by atoms with van der Waals surface area (Å²) in [6, 6.07) is 8.11. The maximum absolute atomic E-state index is 12.6. The molecule has 2 aromatic rings. The van der Waals surface area contributed by atoms with Gasteiger partial charge in [-0.25, -0.2) is 0 Å². The number of nitro groups is 1. The van der Waals surface area contributed by atoms with Crippen LogP contribution in [0, 0.1) is 16.0 Å². The van der Waals surface area contributed by atoms with Gasteiger partial charge in [-0.05, 0) is 50.3 Å². The number of nitrogens with zero attached hydrogens (tertiary/aromatic N) is 3. The van der Waals surface area contributed by atoms with E-state index in [2.05, 4.69) is 42.1 Å². The first-order valence-corrected chi connectivity index (χ1v) is 10.8. The Kier molecular flexibility index (Phi) is 5.58. The van der Waals surface area contributed by atoms with E-state index in [1.807, 2.05) is 10.6 Å². The summed E-state index contributed by atoms with van der Waals surface area (Å²) >= 11 is 6.58. The standard InChI is InChI=1S/C19H18Br2N4O4/c20-14-5-13(25(28)29)6-15(21)19(14)22-17(26)10-23-7-11-4-12(9-23)16-2-1-3-18(27)24(16)8-11/h1-3,5-6,11-12H,4,7-10H2,(H,22,26)/t11-,12+/m1/s1. The molecule has 2 bridgehead atoms. The van der Waals surface area contributed by atoms with Crippen molar-refractivity contribution < 1.29 is 9.72 Å². The number of aromatic nitrogens is 1. The normalized spacial score (nSPS) is 20.8. The molecule has 8 nitrogen and oxygen atoms in total. The minimum absolute atomic E-state index is 0.0382. The Balaban J connectivity index is 1.45. The van der Waals surface area contributed by atoms with Gasteiger partial charge in [-0.15, -0.1) is 0 Å². The number of nitro benzene ring substituents is 1. The number of hydrogen-bond donors (Lipinski definition) is 1. The molecule has 2 aliphatic rings. The quantitative estimate of drug-likeness (QED) is 0.487. The first-order chi connectivity index (χ1) is 13.8. The molecule has 0 unspecified atom stereocenters. The highest BCUT2D eigenvalue weighted by molar-refractivity contribution is 9.11. The van der Waals surface area contributed by atoms with Crippen LogP contribution >= 0.6 is 31.9 Å². The monoisotopic (exact) mass is 524 g/mol. The highest BCUT2D eigenvalue weighted by Gasteiger charge is 2.35. The molecule has 152 valence electrons. The van der Waals surface area contributed by atoms with Gasteiger partial charge in [0.15, 0.2) is 0 Å². The lowest BCUT2D eigenvalue weighted by atomic mass is 9.83. The van der Waals surface area contributed by atoms with Crippen molar-refractivity contribution in [1.29, 1.82) is 0 Å². The fourth-order valence-electron chi connectivity index (χ4n) is 4.29. The van der Waals surface area contributed by atoms with Crippen molar-refractivity contribution in [3.05, 3.63) is 65.4 Å². The Labute approximate surface area is 183 Å². The fourth-order valence-corrected chi connectivity index (χ4v) is 5.65. The molecule has 1 saturated heterocycles. The molecule has 0 spiro atoms. The van der Waals surface area contributed by atoms with E-state index >= 15 is 0 Å². The lowest BCUT2D eigenvalue weighted by Gasteiger charge is -2.42. The summed E-state index contributed by atoms with van der Waals surface area (Å²) in [4.78, 5) is 37.3. The third kappa shape index (κ3) is 4.15. The van der Waals surface area contributed by atoms with Gasteiger partial charge in [0.2, 0.25) is 5.91 Å². The highest BCUT2D eigenvalue weighted by Crippen LogP contribution is 2.36. The summed E-state index contributed by atoms with van der Waals surface area (Å²) in [7, 11) is 0. The molecule has 0 aliphatic carbocycles. The zero-order valence-corrected chi connectivity index (χ0v) is 18.5. The number of nitrogens with one attached hydrogen (secondary N) is 1. The number of anilines is 1. The van der Waals surface area contributed by atoms with E-state index in [1.54, 1.807) is 12.1 Å². The highest BCUT2D eigenvalue weighted by atomic mass is 79.9. The Morgan fingerprint density at radius 2 is 1.93 bits per heavy atom. The number of fused-ring (bicyclic) bond motifs is 4. The molecule has 0 saturated carbocycles. The van der Waals surface area contributed by atoms with Gasteiger partial charge in [0.1, 0.15) is 0 Å². The summed E-state index contributed by atoms with van der Waals surface area (Å²) in [5, 5.41) is 13.8. The third-order valence-electron chi connectivity index (χ3n) is 5.42. The summed E-state index contributed by atoms with van der Waals surface area (Å²) in [6.07, 6.45) is 1.03. The molecule has 1 aromatic carbocycles. The number of benzene rings is 1. The molecule has 2 aliphatic heterocycles. The predicted molar refractivity (Wildman–Crippen MR) is 115 cm³/mol. The molecule has 1 fully saturated rings. The number of likely N-dealkylation sites (tertiary alicyclic amines) is 1. The van der Waals surface area contributed by atoms with Gasteiger partial charge in [-0.2, -0.15) is 0 Å². The number of amides is 1. The molecule has 10 heteroatoms. The smallest absolute Gasteiger partial charge is 0.271 e. The lowest BCUT2D eigenvalue weighted by Crippen LogP contribution is -2.49. The number of non-ortho nitro benzene ring substituents is 1. The molecule has 3 heterocycles. The molecule has 1 amide bonds. The number of carbonyl (C=O) groups excluding carboxylic acids is 1. The van der Waals surface area contributed by atoms with Gasteiger partial charge < -0.3 is 9.88 Å². The maximum Gasteiger partial charge on any atom is 0.271 e. The molecule has 0 radical (unpaired) electrons. The molecule has 1 N–H and O–H groups in total. The molecule has 1 aromatic heterocycles. The van der Waals surface area contributed by atoms with E-state index in [0.717, 1.165) is 25.2 Å². The van der Waals surface area contributed by atoms with E-state index in [4.69, 9.17) is 0 Å². The average molecular weight is 526 g/mol. The SMILES string of the molecule is O=C(CN1C[C@H]2C[C@@H](C1)c1cccc(=O)n1C2)Nc1c(Br)cc([N+](=O)[O-])cc1Br. The van der Waals surface area contributed by atoms with Gasteiger partial charge in [0.25, 0.3) is 11.2 Å². The molecule has 2 atom stereocenters. The van der Waals surface area contributed by atoms with E-state index in [0.29, 0.717) is 27.1 Å². The van der Waals surface area contributed by atoms with Crippen molar-refractivity contribution in [3.8, 4) is 0 Å². The lowest BCUT2D eigenvalue weighted by molar-refractivity contribution is -0.385. The summed E-state index contributed by atoms with van der Waals surface area (Å²) in [5.74, 6) is 0.389. The summed E-state index contributed by atoms with van der Waals surface area (Å²) in [6.45, 7) is 2.38. The van der Waals surface area contributed by atoms with Crippen LogP contribution in [0.2, 0.25) is 0 Å². The molecule has 29 heavy (non-hydrogen) atoms. The summed E-state index contributed by atoms with van der Waals surface area (Å²) in [5.41, 5.74) is 1.48. The van der Waals surface area contributed by atoms with Crippen LogP contribution in [0.25, 0.3) is 0 Å².